The lowest BCUT2D eigenvalue weighted by atomic mass is 10.2. The van der Waals surface area contributed by atoms with Crippen LogP contribution in [0.2, 0.25) is 0 Å². The molecule has 0 bridgehead atoms. The lowest BCUT2D eigenvalue weighted by molar-refractivity contribution is 0.0561. The molecule has 0 fully saturated rings. The third-order valence-corrected chi connectivity index (χ3v) is 2.92. The quantitative estimate of drug-likeness (QED) is 0.892. The van der Waals surface area contributed by atoms with E-state index in [1.165, 1.54) is 6.20 Å². The molecule has 0 radical (unpaired) electrons. The van der Waals surface area contributed by atoms with Crippen LogP contribution in [0, 0.1) is 6.92 Å². The van der Waals surface area contributed by atoms with Crippen molar-refractivity contribution in [2.75, 3.05) is 0 Å². The molecule has 112 valence electrons. The summed E-state index contributed by atoms with van der Waals surface area (Å²) in [6.07, 6.45) is 3.11. The Bertz CT molecular complexity index is 538. The monoisotopic (exact) mass is 305 g/mol. The molecule has 0 aliphatic rings. The largest absolute Gasteiger partial charge is 0.333 e. The molecule has 0 unspecified atom stereocenters. The van der Waals surface area contributed by atoms with Gasteiger partial charge in [0.2, 0.25) is 0 Å². The predicted octanol–water partition coefficient (Wildman–Crippen LogP) is 2.51. The van der Waals surface area contributed by atoms with Gasteiger partial charge in [-0.2, -0.15) is 19.0 Å². The Hall–Kier alpha value is -1.47. The first-order chi connectivity index (χ1) is 9.11. The molecule has 2 rings (SSSR count). The van der Waals surface area contributed by atoms with Crippen LogP contribution in [0.15, 0.2) is 18.5 Å². The molecule has 0 spiro atoms. The molecule has 0 amide bonds. The van der Waals surface area contributed by atoms with Gasteiger partial charge in [-0.1, -0.05) is 0 Å². The van der Waals surface area contributed by atoms with E-state index in [4.69, 9.17) is 0 Å². The van der Waals surface area contributed by atoms with Gasteiger partial charge < -0.3 is 5.32 Å². The van der Waals surface area contributed by atoms with E-state index in [0.717, 1.165) is 17.8 Å². The molecule has 0 atom stereocenters. The number of halogens is 3. The Morgan fingerprint density at radius 2 is 2.10 bits per heavy atom. The maximum atomic E-state index is 12.3. The molecule has 1 N–H and O–H groups in total. The van der Waals surface area contributed by atoms with Crippen LogP contribution in [0.5, 0.6) is 0 Å². The molecule has 2 heterocycles. The van der Waals surface area contributed by atoms with E-state index in [1.807, 2.05) is 24.7 Å². The Morgan fingerprint density at radius 1 is 1.35 bits per heavy atom. The number of hydrogen-bond acceptors (Lipinski definition) is 3. The second kappa shape index (κ2) is 7.35. The van der Waals surface area contributed by atoms with Crippen LogP contribution >= 0.6 is 12.4 Å². The van der Waals surface area contributed by atoms with Gasteiger partial charge in [0.15, 0.2) is 0 Å². The highest BCUT2D eigenvalue weighted by Crippen LogP contribution is 2.09. The minimum absolute atomic E-state index is 0. The van der Waals surface area contributed by atoms with E-state index in [1.54, 1.807) is 6.07 Å². The van der Waals surface area contributed by atoms with Crippen molar-refractivity contribution >= 4 is 12.4 Å². The van der Waals surface area contributed by atoms with E-state index in [-0.39, 0.29) is 12.4 Å². The lowest BCUT2D eigenvalue weighted by Crippen LogP contribution is -2.17. The summed E-state index contributed by atoms with van der Waals surface area (Å²) >= 11 is 0. The number of hydrogen-bond donors (Lipinski definition) is 1. The van der Waals surface area contributed by atoms with Gasteiger partial charge in [0, 0.05) is 25.8 Å². The maximum absolute atomic E-state index is 12.3. The van der Waals surface area contributed by atoms with E-state index < -0.39 is 6.55 Å². The zero-order valence-corrected chi connectivity index (χ0v) is 12.2. The number of aryl methyl sites for hydroxylation is 2. The smallest absolute Gasteiger partial charge is 0.305 e. The third-order valence-electron chi connectivity index (χ3n) is 2.92. The first kappa shape index (κ1) is 16.6. The van der Waals surface area contributed by atoms with Crippen LogP contribution in [-0.2, 0) is 19.6 Å². The van der Waals surface area contributed by atoms with Crippen LogP contribution in [0.3, 0.4) is 0 Å². The summed E-state index contributed by atoms with van der Waals surface area (Å²) in [6, 6.07) is 1.59. The highest BCUT2D eigenvalue weighted by molar-refractivity contribution is 5.85. The van der Waals surface area contributed by atoms with Crippen molar-refractivity contribution in [3.63, 3.8) is 0 Å². The van der Waals surface area contributed by atoms with Crippen molar-refractivity contribution in [3.05, 3.63) is 35.4 Å². The Labute approximate surface area is 122 Å². The summed E-state index contributed by atoms with van der Waals surface area (Å²) in [6.45, 7) is 3.35. The van der Waals surface area contributed by atoms with Crippen LogP contribution in [0.4, 0.5) is 8.78 Å². The van der Waals surface area contributed by atoms with Crippen LogP contribution in [-0.4, -0.2) is 19.6 Å². The highest BCUT2D eigenvalue weighted by Gasteiger charge is 2.08. The molecular formula is C12H18ClF2N5. The van der Waals surface area contributed by atoms with Gasteiger partial charge in [-0.25, -0.2) is 4.68 Å². The molecule has 5 nitrogen and oxygen atoms in total. The first-order valence-electron chi connectivity index (χ1n) is 6.16. The summed E-state index contributed by atoms with van der Waals surface area (Å²) < 4.78 is 27.3. The third kappa shape index (κ3) is 3.77. The van der Waals surface area contributed by atoms with Gasteiger partial charge in [0.1, 0.15) is 0 Å². The van der Waals surface area contributed by atoms with Gasteiger partial charge >= 0.3 is 6.55 Å². The van der Waals surface area contributed by atoms with Gasteiger partial charge in [-0.05, 0) is 25.5 Å². The zero-order valence-electron chi connectivity index (χ0n) is 11.4. The Kier molecular flexibility index (Phi) is 6.09. The topological polar surface area (TPSA) is 47.7 Å². The highest BCUT2D eigenvalue weighted by atomic mass is 35.5. The Morgan fingerprint density at radius 3 is 2.70 bits per heavy atom. The van der Waals surface area contributed by atoms with Gasteiger partial charge in [-0.3, -0.25) is 4.68 Å². The SMILES string of the molecule is CCn1ncc(C)c1CNCc1ccn(C(F)F)n1.Cl. The van der Waals surface area contributed by atoms with Crippen molar-refractivity contribution in [3.8, 4) is 0 Å². The molecule has 0 saturated heterocycles. The number of nitrogens with zero attached hydrogens (tertiary/aromatic N) is 4. The summed E-state index contributed by atoms with van der Waals surface area (Å²) in [5.41, 5.74) is 2.82. The standard InChI is InChI=1S/C12H17F2N5.ClH/c1-3-18-11(9(2)6-16-18)8-15-7-10-4-5-19(17-10)12(13)14;/h4-6,12,15H,3,7-8H2,1-2H3;1H. The summed E-state index contributed by atoms with van der Waals surface area (Å²) in [4.78, 5) is 0. The summed E-state index contributed by atoms with van der Waals surface area (Å²) in [7, 11) is 0. The van der Waals surface area contributed by atoms with Crippen LogP contribution < -0.4 is 5.32 Å². The normalized spacial score (nSPS) is 10.8. The second-order valence-corrected chi connectivity index (χ2v) is 4.26. The average Bonchev–Trinajstić information content (AvgIpc) is 2.98. The number of aromatic nitrogens is 4. The molecule has 2 aromatic heterocycles. The molecule has 0 aliphatic carbocycles. The van der Waals surface area contributed by atoms with Gasteiger partial charge in [-0.15, -0.1) is 12.4 Å². The van der Waals surface area contributed by atoms with Crippen molar-refractivity contribution in [1.82, 2.24) is 24.9 Å². The number of alkyl halides is 2. The summed E-state index contributed by atoms with van der Waals surface area (Å²) in [5, 5.41) is 11.2. The van der Waals surface area contributed by atoms with Crippen molar-refractivity contribution in [2.45, 2.75) is 40.0 Å². The number of rotatable bonds is 6. The van der Waals surface area contributed by atoms with E-state index >= 15 is 0 Å². The first-order valence-corrected chi connectivity index (χ1v) is 6.16. The zero-order chi connectivity index (χ0) is 13.8. The fraction of sp³-hybridized carbons (Fsp3) is 0.500. The number of nitrogens with one attached hydrogen (secondary N) is 1. The van der Waals surface area contributed by atoms with Gasteiger partial charge in [0.25, 0.3) is 0 Å². The minimum Gasteiger partial charge on any atom is -0.305 e. The second-order valence-electron chi connectivity index (χ2n) is 4.26. The minimum atomic E-state index is -2.59. The lowest BCUT2D eigenvalue weighted by Gasteiger charge is -2.07. The molecule has 2 aromatic rings. The fourth-order valence-electron chi connectivity index (χ4n) is 1.90. The van der Waals surface area contributed by atoms with Gasteiger partial charge in [0.05, 0.1) is 17.6 Å². The molecule has 0 saturated carbocycles. The predicted molar refractivity (Wildman–Crippen MR) is 73.9 cm³/mol. The molecular weight excluding hydrogens is 288 g/mol. The molecule has 0 aliphatic heterocycles. The molecule has 8 heteroatoms. The molecule has 0 aromatic carbocycles. The average molecular weight is 306 g/mol. The Balaban J connectivity index is 0.00000200. The van der Waals surface area contributed by atoms with E-state index in [0.29, 0.717) is 23.5 Å². The maximum Gasteiger partial charge on any atom is 0.333 e. The van der Waals surface area contributed by atoms with Crippen molar-refractivity contribution in [2.24, 2.45) is 0 Å². The van der Waals surface area contributed by atoms with Crippen molar-refractivity contribution < 1.29 is 8.78 Å². The molecule has 20 heavy (non-hydrogen) atoms. The van der Waals surface area contributed by atoms with E-state index in [2.05, 4.69) is 15.5 Å². The van der Waals surface area contributed by atoms with E-state index in [9.17, 15) is 8.78 Å². The fourth-order valence-corrected chi connectivity index (χ4v) is 1.90. The summed E-state index contributed by atoms with van der Waals surface area (Å²) in [5.74, 6) is 0. The van der Waals surface area contributed by atoms with Crippen LogP contribution in [0.25, 0.3) is 0 Å². The van der Waals surface area contributed by atoms with Crippen molar-refractivity contribution in [1.29, 1.82) is 0 Å². The van der Waals surface area contributed by atoms with Crippen LogP contribution in [0.1, 0.15) is 30.4 Å².